The fraction of sp³-hybridized carbons (Fsp3) is 0.714. The predicted octanol–water partition coefficient (Wildman–Crippen LogP) is 2.80. The first-order chi connectivity index (χ1) is 8.15. The minimum absolute atomic E-state index is 0.841. The zero-order chi connectivity index (χ0) is 12.3. The first-order valence-electron chi connectivity index (χ1n) is 6.60. The fourth-order valence-electron chi connectivity index (χ4n) is 2.72. The fourth-order valence-corrected chi connectivity index (χ4v) is 3.66. The minimum atomic E-state index is 0.841. The number of aryl methyl sites for hydroxylation is 2. The summed E-state index contributed by atoms with van der Waals surface area (Å²) < 4.78 is 0. The van der Waals surface area contributed by atoms with Crippen LogP contribution in [0.15, 0.2) is 6.07 Å². The van der Waals surface area contributed by atoms with Crippen LogP contribution in [0.5, 0.6) is 0 Å². The SMILES string of the molecule is Cc1cc(CN(C)CC2CCCNC2)c(C)s1. The van der Waals surface area contributed by atoms with Gasteiger partial charge in [-0.15, -0.1) is 11.3 Å². The molecule has 0 bridgehead atoms. The minimum Gasteiger partial charge on any atom is -0.316 e. The average molecular weight is 252 g/mol. The molecule has 1 N–H and O–H groups in total. The van der Waals surface area contributed by atoms with Crippen molar-refractivity contribution in [2.24, 2.45) is 5.92 Å². The summed E-state index contributed by atoms with van der Waals surface area (Å²) in [6.45, 7) is 9.18. The van der Waals surface area contributed by atoms with Gasteiger partial charge in [0.1, 0.15) is 0 Å². The van der Waals surface area contributed by atoms with Gasteiger partial charge in [-0.2, -0.15) is 0 Å². The van der Waals surface area contributed by atoms with Crippen molar-refractivity contribution in [3.8, 4) is 0 Å². The van der Waals surface area contributed by atoms with Gasteiger partial charge < -0.3 is 10.2 Å². The van der Waals surface area contributed by atoms with Crippen molar-refractivity contribution in [1.82, 2.24) is 10.2 Å². The Labute approximate surface area is 109 Å². The van der Waals surface area contributed by atoms with E-state index in [1.165, 1.54) is 47.8 Å². The van der Waals surface area contributed by atoms with Gasteiger partial charge in [0.15, 0.2) is 0 Å². The standard InChI is InChI=1S/C14H24N2S/c1-11-7-14(12(2)17-11)10-16(3)9-13-5-4-6-15-8-13/h7,13,15H,4-6,8-10H2,1-3H3. The first kappa shape index (κ1) is 13.1. The molecule has 96 valence electrons. The van der Waals surface area contributed by atoms with E-state index in [2.05, 4.69) is 37.2 Å². The third-order valence-corrected chi connectivity index (χ3v) is 4.56. The largest absolute Gasteiger partial charge is 0.316 e. The second-order valence-electron chi connectivity index (χ2n) is 5.35. The average Bonchev–Trinajstić information content (AvgIpc) is 2.58. The maximum absolute atomic E-state index is 3.49. The van der Waals surface area contributed by atoms with Crippen LogP contribution in [-0.2, 0) is 6.54 Å². The molecule has 2 heterocycles. The normalized spacial score (nSPS) is 21.1. The third-order valence-electron chi connectivity index (χ3n) is 3.55. The highest BCUT2D eigenvalue weighted by molar-refractivity contribution is 7.12. The Balaban J connectivity index is 1.83. The maximum atomic E-state index is 3.49. The zero-order valence-corrected chi connectivity index (χ0v) is 12.1. The molecule has 1 saturated heterocycles. The summed E-state index contributed by atoms with van der Waals surface area (Å²) >= 11 is 1.92. The van der Waals surface area contributed by atoms with Crippen LogP contribution >= 0.6 is 11.3 Å². The van der Waals surface area contributed by atoms with Gasteiger partial charge in [0.2, 0.25) is 0 Å². The number of rotatable bonds is 4. The molecule has 2 rings (SSSR count). The highest BCUT2D eigenvalue weighted by atomic mass is 32.1. The zero-order valence-electron chi connectivity index (χ0n) is 11.3. The van der Waals surface area contributed by atoms with E-state index in [0.717, 1.165) is 12.5 Å². The Morgan fingerprint density at radius 3 is 2.88 bits per heavy atom. The number of nitrogens with zero attached hydrogens (tertiary/aromatic N) is 1. The Hall–Kier alpha value is -0.380. The topological polar surface area (TPSA) is 15.3 Å². The Bertz CT molecular complexity index is 353. The third kappa shape index (κ3) is 3.80. The summed E-state index contributed by atoms with van der Waals surface area (Å²) in [5.74, 6) is 0.841. The summed E-state index contributed by atoms with van der Waals surface area (Å²) in [5.41, 5.74) is 1.51. The summed E-state index contributed by atoms with van der Waals surface area (Å²) in [6.07, 6.45) is 2.73. The van der Waals surface area contributed by atoms with Crippen LogP contribution in [0.2, 0.25) is 0 Å². The second-order valence-corrected chi connectivity index (χ2v) is 6.81. The van der Waals surface area contributed by atoms with Crippen LogP contribution < -0.4 is 5.32 Å². The molecule has 1 aromatic rings. The smallest absolute Gasteiger partial charge is 0.0241 e. The van der Waals surface area contributed by atoms with E-state index in [0.29, 0.717) is 0 Å². The number of thiophene rings is 1. The van der Waals surface area contributed by atoms with Crippen molar-refractivity contribution in [2.45, 2.75) is 33.2 Å². The summed E-state index contributed by atoms with van der Waals surface area (Å²) in [4.78, 5) is 5.40. The number of piperidine rings is 1. The Kier molecular flexibility index (Phi) is 4.60. The first-order valence-corrected chi connectivity index (χ1v) is 7.42. The summed E-state index contributed by atoms with van der Waals surface area (Å²) in [7, 11) is 2.25. The van der Waals surface area contributed by atoms with E-state index in [4.69, 9.17) is 0 Å². The van der Waals surface area contributed by atoms with Gasteiger partial charge in [0.25, 0.3) is 0 Å². The lowest BCUT2D eigenvalue weighted by Gasteiger charge is -2.27. The number of hydrogen-bond donors (Lipinski definition) is 1. The van der Waals surface area contributed by atoms with E-state index in [1.54, 1.807) is 0 Å². The molecule has 3 heteroatoms. The molecule has 17 heavy (non-hydrogen) atoms. The molecule has 1 aromatic heterocycles. The molecule has 1 unspecified atom stereocenters. The van der Waals surface area contributed by atoms with Crippen molar-refractivity contribution in [2.75, 3.05) is 26.7 Å². The van der Waals surface area contributed by atoms with Gasteiger partial charge in [-0.3, -0.25) is 0 Å². The van der Waals surface area contributed by atoms with E-state index in [1.807, 2.05) is 11.3 Å². The summed E-state index contributed by atoms with van der Waals surface area (Å²) in [6, 6.07) is 2.34. The van der Waals surface area contributed by atoms with Crippen LogP contribution in [0, 0.1) is 19.8 Å². The van der Waals surface area contributed by atoms with Gasteiger partial charge >= 0.3 is 0 Å². The van der Waals surface area contributed by atoms with Crippen LogP contribution in [0.25, 0.3) is 0 Å². The Morgan fingerprint density at radius 2 is 2.29 bits per heavy atom. The van der Waals surface area contributed by atoms with Crippen molar-refractivity contribution in [3.05, 3.63) is 21.4 Å². The van der Waals surface area contributed by atoms with E-state index >= 15 is 0 Å². The van der Waals surface area contributed by atoms with Crippen molar-refractivity contribution in [1.29, 1.82) is 0 Å². The van der Waals surface area contributed by atoms with Gasteiger partial charge in [-0.05, 0) is 64.4 Å². The van der Waals surface area contributed by atoms with Gasteiger partial charge in [0.05, 0.1) is 0 Å². The molecule has 1 aliphatic heterocycles. The molecule has 0 radical (unpaired) electrons. The maximum Gasteiger partial charge on any atom is 0.0241 e. The lowest BCUT2D eigenvalue weighted by molar-refractivity contribution is 0.237. The van der Waals surface area contributed by atoms with E-state index in [-0.39, 0.29) is 0 Å². The molecule has 1 atom stereocenters. The highest BCUT2D eigenvalue weighted by Gasteiger charge is 2.15. The van der Waals surface area contributed by atoms with Crippen LogP contribution in [0.3, 0.4) is 0 Å². The lowest BCUT2D eigenvalue weighted by Crippen LogP contribution is -2.36. The van der Waals surface area contributed by atoms with Gasteiger partial charge in [-0.25, -0.2) is 0 Å². The van der Waals surface area contributed by atoms with E-state index < -0.39 is 0 Å². The van der Waals surface area contributed by atoms with Gasteiger partial charge in [-0.1, -0.05) is 0 Å². The van der Waals surface area contributed by atoms with Crippen LogP contribution in [0.1, 0.15) is 28.2 Å². The second kappa shape index (κ2) is 5.98. The molecule has 0 amide bonds. The van der Waals surface area contributed by atoms with Crippen molar-refractivity contribution in [3.63, 3.8) is 0 Å². The molecule has 1 aliphatic rings. The predicted molar refractivity (Wildman–Crippen MR) is 75.7 cm³/mol. The molecule has 0 aromatic carbocycles. The molecule has 1 fully saturated rings. The van der Waals surface area contributed by atoms with Crippen LogP contribution in [0.4, 0.5) is 0 Å². The molecule has 2 nitrogen and oxygen atoms in total. The quantitative estimate of drug-likeness (QED) is 0.886. The molecule has 0 aliphatic carbocycles. The van der Waals surface area contributed by atoms with Crippen LogP contribution in [-0.4, -0.2) is 31.6 Å². The van der Waals surface area contributed by atoms with E-state index in [9.17, 15) is 0 Å². The van der Waals surface area contributed by atoms with Crippen molar-refractivity contribution < 1.29 is 0 Å². The lowest BCUT2D eigenvalue weighted by atomic mass is 9.99. The van der Waals surface area contributed by atoms with Crippen molar-refractivity contribution >= 4 is 11.3 Å². The molecular weight excluding hydrogens is 228 g/mol. The summed E-state index contributed by atoms with van der Waals surface area (Å²) in [5, 5.41) is 3.49. The molecule has 0 spiro atoms. The monoisotopic (exact) mass is 252 g/mol. The Morgan fingerprint density at radius 1 is 1.47 bits per heavy atom. The number of nitrogens with one attached hydrogen (secondary N) is 1. The molecule has 0 saturated carbocycles. The van der Waals surface area contributed by atoms with Gasteiger partial charge in [0, 0.05) is 22.8 Å². The molecular formula is C14H24N2S. The highest BCUT2D eigenvalue weighted by Crippen LogP contribution is 2.22. The number of hydrogen-bond acceptors (Lipinski definition) is 3.